The maximum Gasteiger partial charge on any atom is 0.295 e. The zero-order chi connectivity index (χ0) is 49.2. The number of hydrogen-bond donors (Lipinski definition) is 8. The Labute approximate surface area is 391 Å². The van der Waals surface area contributed by atoms with Gasteiger partial charge < -0.3 is 31.1 Å². The predicted octanol–water partition coefficient (Wildman–Crippen LogP) is 4.53. The Morgan fingerprint density at radius 2 is 1.32 bits per heavy atom. The molecule has 25 heteroatoms. The van der Waals surface area contributed by atoms with Crippen LogP contribution < -0.4 is 20.9 Å². The largest absolute Gasteiger partial charge is 0.392 e. The van der Waals surface area contributed by atoms with Crippen molar-refractivity contribution in [2.24, 2.45) is 0 Å². The topological polar surface area (TPSA) is 344 Å². The van der Waals surface area contributed by atoms with Crippen molar-refractivity contribution in [2.75, 3.05) is 40.5 Å². The van der Waals surface area contributed by atoms with Crippen LogP contribution in [0, 0.1) is 11.3 Å². The summed E-state index contributed by atoms with van der Waals surface area (Å²) in [6, 6.07) is 24.3. The maximum absolute atomic E-state index is 12.7. The van der Waals surface area contributed by atoms with Crippen molar-refractivity contribution >= 4 is 77.7 Å². The molecule has 0 aliphatic rings. The highest BCUT2D eigenvalue weighted by Gasteiger charge is 2.21. The number of aliphatic hydroxyl groups excluding tert-OH is 2. The summed E-state index contributed by atoms with van der Waals surface area (Å²) in [6.45, 7) is 3.39. The summed E-state index contributed by atoms with van der Waals surface area (Å²) in [5, 5.41) is 38.1. The minimum absolute atomic E-state index is 0.0363. The fraction of sp³-hybridized carbons (Fsp3) is 0.233. The van der Waals surface area contributed by atoms with Gasteiger partial charge in [0.2, 0.25) is 23.8 Å². The predicted molar refractivity (Wildman–Crippen MR) is 250 cm³/mol. The maximum atomic E-state index is 12.7. The molecule has 0 spiro atoms. The van der Waals surface area contributed by atoms with E-state index in [1.165, 1.54) is 60.7 Å². The number of nitriles is 1. The molecule has 2 unspecified atom stereocenters. The van der Waals surface area contributed by atoms with Crippen molar-refractivity contribution in [3.8, 4) is 6.07 Å². The lowest BCUT2D eigenvalue weighted by Gasteiger charge is -2.23. The summed E-state index contributed by atoms with van der Waals surface area (Å²) in [4.78, 5) is 27.0. The van der Waals surface area contributed by atoms with Gasteiger partial charge in [-0.3, -0.25) is 13.7 Å². The van der Waals surface area contributed by atoms with Crippen LogP contribution in [-0.4, -0.2) is 111 Å². The minimum atomic E-state index is -4.77. The first kappa shape index (κ1) is 50.4. The van der Waals surface area contributed by atoms with E-state index in [0.717, 1.165) is 0 Å². The molecule has 0 fully saturated rings. The molecule has 0 saturated carbocycles. The van der Waals surface area contributed by atoms with Gasteiger partial charge in [0.1, 0.15) is 16.5 Å². The van der Waals surface area contributed by atoms with Gasteiger partial charge in [-0.15, -0.1) is 0 Å². The second-order valence-corrected chi connectivity index (χ2v) is 19.4. The van der Waals surface area contributed by atoms with Crippen LogP contribution in [0.1, 0.15) is 54.2 Å². The molecule has 6 aromatic rings. The van der Waals surface area contributed by atoms with E-state index < -0.39 is 47.5 Å². The summed E-state index contributed by atoms with van der Waals surface area (Å²) in [5.74, 6) is 0.390. The first-order valence-electron chi connectivity index (χ1n) is 20.4. The van der Waals surface area contributed by atoms with Crippen LogP contribution in [0.2, 0.25) is 0 Å². The molecule has 2 aromatic heterocycles. The van der Waals surface area contributed by atoms with Crippen molar-refractivity contribution in [1.29, 1.82) is 5.26 Å². The average Bonchev–Trinajstić information content (AvgIpc) is 3.26. The van der Waals surface area contributed by atoms with Gasteiger partial charge in [0.15, 0.2) is 0 Å². The third-order valence-electron chi connectivity index (χ3n) is 9.50. The quantitative estimate of drug-likeness (QED) is 0.0363. The van der Waals surface area contributed by atoms with E-state index in [0.29, 0.717) is 16.8 Å². The molecule has 2 heterocycles. The second-order valence-electron chi connectivity index (χ2n) is 15.2. The van der Waals surface area contributed by atoms with Gasteiger partial charge >= 0.3 is 0 Å². The van der Waals surface area contributed by atoms with Gasteiger partial charge in [0.05, 0.1) is 34.5 Å². The summed E-state index contributed by atoms with van der Waals surface area (Å²) in [6.07, 6.45) is 1.39. The van der Waals surface area contributed by atoms with E-state index in [1.807, 2.05) is 0 Å². The van der Waals surface area contributed by atoms with Gasteiger partial charge in [0, 0.05) is 43.9 Å². The molecule has 68 heavy (non-hydrogen) atoms. The van der Waals surface area contributed by atoms with Crippen LogP contribution in [0.15, 0.2) is 106 Å². The van der Waals surface area contributed by atoms with Gasteiger partial charge in [0.25, 0.3) is 30.4 Å². The fourth-order valence-electron chi connectivity index (χ4n) is 6.49. The van der Waals surface area contributed by atoms with Gasteiger partial charge in [-0.05, 0) is 78.6 Å². The number of nitrogens with zero attached hydrogens (tertiary/aromatic N) is 8. The third-order valence-corrected chi connectivity index (χ3v) is 12.2. The molecule has 22 nitrogen and oxygen atoms in total. The van der Waals surface area contributed by atoms with Crippen molar-refractivity contribution in [2.45, 2.75) is 60.0 Å². The van der Waals surface area contributed by atoms with E-state index in [-0.39, 0.29) is 101 Å². The molecule has 356 valence electrons. The molecule has 8 N–H and O–H groups in total. The van der Waals surface area contributed by atoms with Crippen molar-refractivity contribution in [1.82, 2.24) is 29.9 Å². The Bertz CT molecular complexity index is 3190. The van der Waals surface area contributed by atoms with E-state index in [4.69, 9.17) is 0 Å². The van der Waals surface area contributed by atoms with Crippen molar-refractivity contribution in [3.05, 3.63) is 125 Å². The Morgan fingerprint density at radius 3 is 1.99 bits per heavy atom. The monoisotopic (exact) mass is 987 g/mol. The molecular weight excluding hydrogens is 943 g/mol. The number of aromatic nitrogens is 6. The highest BCUT2D eigenvalue weighted by molar-refractivity contribution is 7.86. The zero-order valence-electron chi connectivity index (χ0n) is 36.2. The van der Waals surface area contributed by atoms with Crippen LogP contribution in [0.4, 0.5) is 35.2 Å². The van der Waals surface area contributed by atoms with E-state index in [9.17, 15) is 54.4 Å². The molecule has 0 aliphatic heterocycles. The van der Waals surface area contributed by atoms with Gasteiger partial charge in [-0.2, -0.15) is 60.4 Å². The molecule has 0 saturated heterocycles. The van der Waals surface area contributed by atoms with Crippen LogP contribution >= 0.6 is 0 Å². The molecule has 0 aliphatic carbocycles. The number of anilines is 6. The second kappa shape index (κ2) is 21.7. The van der Waals surface area contributed by atoms with Crippen LogP contribution in [0.5, 0.6) is 0 Å². The van der Waals surface area contributed by atoms with E-state index in [1.54, 1.807) is 61.2 Å². The molecule has 0 bridgehead atoms. The number of benzene rings is 4. The number of aliphatic hydroxyl groups is 2. The first-order valence-corrected chi connectivity index (χ1v) is 24.7. The molecule has 0 amide bonds. The smallest absolute Gasteiger partial charge is 0.295 e. The van der Waals surface area contributed by atoms with Crippen molar-refractivity contribution < 1.29 is 49.1 Å². The zero-order valence-corrected chi connectivity index (χ0v) is 38.6. The Kier molecular flexibility index (Phi) is 16.1. The van der Waals surface area contributed by atoms with Crippen LogP contribution in [-0.2, 0) is 43.2 Å². The highest BCUT2D eigenvalue weighted by Crippen LogP contribution is 2.26. The fourth-order valence-corrected chi connectivity index (χ4v) is 8.48. The summed E-state index contributed by atoms with van der Waals surface area (Å²) in [5.41, 5.74) is 2.07. The first-order chi connectivity index (χ1) is 32.1. The molecule has 2 atom stereocenters. The average molecular weight is 988 g/mol. The summed E-state index contributed by atoms with van der Waals surface area (Å²) >= 11 is 0. The molecule has 6 rings (SSSR count). The minimum Gasteiger partial charge on any atom is -0.392 e. The third kappa shape index (κ3) is 14.5. The number of hydrogen-bond acceptors (Lipinski definition) is 19. The van der Waals surface area contributed by atoms with E-state index >= 15 is 0 Å². The Hall–Kier alpha value is -7.02. The number of nitrogens with one attached hydrogen (secondary N) is 3. The molecule has 0 radical (unpaired) electrons. The lowest BCUT2D eigenvalue weighted by atomic mass is 10.1. The standard InChI is InChI=1S/C43H45N11O11S3/c1-27(55)25-45-40-48-38(49-41(52-40)47-34-8-5-9-35(24-34)66(57,58)59)22-30-12-16-31(37(21-30)68(63,64)65)15-11-29-13-17-33(18-14-29)46-42-50-39(23-32-7-3-4-10-36(32)67(60,61)62)51-43(53-42)54(20-6-19-44)26-28(2)56/h3-5,7-18,21,24,27-28,55-56H,6,20,22-23,25-26H2,1-2H3,(H,57,58,59)(H,60,61,62)(H,63,64,65)(H,46,50,51,53)(H2,45,47,48,49,52)/b15-11+. The van der Waals surface area contributed by atoms with E-state index in [2.05, 4.69) is 51.9 Å². The van der Waals surface area contributed by atoms with Crippen molar-refractivity contribution in [3.63, 3.8) is 0 Å². The van der Waals surface area contributed by atoms with Crippen LogP contribution in [0.3, 0.4) is 0 Å². The summed E-state index contributed by atoms with van der Waals surface area (Å²) in [7, 11) is -13.9. The van der Waals surface area contributed by atoms with Gasteiger partial charge in [-0.1, -0.05) is 60.7 Å². The lowest BCUT2D eigenvalue weighted by Crippen LogP contribution is -2.33. The molecule has 4 aromatic carbocycles. The van der Waals surface area contributed by atoms with Gasteiger partial charge in [-0.25, -0.2) is 0 Å². The summed E-state index contributed by atoms with van der Waals surface area (Å²) < 4.78 is 103. The normalized spacial score (nSPS) is 12.9. The number of rotatable bonds is 21. The molecular formula is C43H45N11O11S3. The lowest BCUT2D eigenvalue weighted by molar-refractivity contribution is 0.199. The SMILES string of the molecule is CC(O)CNc1nc(Cc2ccc(/C=C/c3ccc(Nc4nc(Cc5ccccc5S(=O)(=O)O)nc(N(CCC#N)CC(C)O)n4)cc3)c(S(=O)(=O)O)c2)nc(Nc2cccc(S(=O)(=O)O)c2)n1. The Balaban J connectivity index is 1.24. The Morgan fingerprint density at radius 1 is 0.662 bits per heavy atom. The highest BCUT2D eigenvalue weighted by atomic mass is 32.2. The van der Waals surface area contributed by atoms with Crippen LogP contribution in [0.25, 0.3) is 12.2 Å².